The molecule has 3 heterocycles. The van der Waals surface area contributed by atoms with Crippen molar-refractivity contribution < 1.29 is 14.3 Å². The highest BCUT2D eigenvalue weighted by molar-refractivity contribution is 5.94. The van der Waals surface area contributed by atoms with Crippen molar-refractivity contribution in [1.29, 1.82) is 0 Å². The molecule has 2 amide bonds. The smallest absolute Gasteiger partial charge is 0.254 e. The number of benzene rings is 1. The number of carbonyl (C=O) groups excluding carboxylic acids is 2. The highest BCUT2D eigenvalue weighted by atomic mass is 16.5. The van der Waals surface area contributed by atoms with Crippen LogP contribution in [0.4, 0.5) is 0 Å². The Hall–Kier alpha value is -3.33. The molecule has 1 aliphatic rings. The third-order valence-corrected chi connectivity index (χ3v) is 5.51. The zero-order valence-corrected chi connectivity index (χ0v) is 17.7. The number of aromatic nitrogens is 4. The van der Waals surface area contributed by atoms with Gasteiger partial charge < -0.3 is 19.9 Å². The minimum absolute atomic E-state index is 0.000735. The maximum atomic E-state index is 12.7. The second-order valence-corrected chi connectivity index (χ2v) is 7.68. The minimum atomic E-state index is -0.203. The van der Waals surface area contributed by atoms with E-state index in [1.807, 2.05) is 24.3 Å². The molecular formula is C22H26N6O3. The van der Waals surface area contributed by atoms with Gasteiger partial charge in [-0.2, -0.15) is 0 Å². The largest absolute Gasteiger partial charge is 0.364 e. The van der Waals surface area contributed by atoms with Crippen molar-refractivity contribution in [3.8, 4) is 0 Å². The molecule has 9 heteroatoms. The second-order valence-electron chi connectivity index (χ2n) is 7.68. The van der Waals surface area contributed by atoms with E-state index in [1.54, 1.807) is 25.1 Å². The Morgan fingerprint density at radius 3 is 2.90 bits per heavy atom. The standard InChI is InChI=1S/C22H26N6O3/c1-14-16(22(30)23-2)10-24-21(25-14)15-6-5-9-28(11-15)20(29)13-31-12-19-26-17-7-3-4-8-18(17)27-19/h3-4,7-8,10,15H,5-6,9,11-13H2,1-2H3,(H,23,30)(H,26,27)/t15-/m1/s1. The topological polar surface area (TPSA) is 113 Å². The van der Waals surface area contributed by atoms with E-state index in [1.165, 1.54) is 0 Å². The molecule has 1 saturated heterocycles. The maximum Gasteiger partial charge on any atom is 0.254 e. The van der Waals surface area contributed by atoms with Crippen molar-refractivity contribution in [2.24, 2.45) is 0 Å². The number of H-pyrrole nitrogens is 1. The zero-order chi connectivity index (χ0) is 21.8. The molecule has 0 aliphatic carbocycles. The predicted octanol–water partition coefficient (Wildman–Crippen LogP) is 1.94. The first-order chi connectivity index (χ1) is 15.0. The predicted molar refractivity (Wildman–Crippen MR) is 114 cm³/mol. The molecule has 0 radical (unpaired) electrons. The first kappa shape index (κ1) is 20.9. The van der Waals surface area contributed by atoms with Crippen molar-refractivity contribution in [3.63, 3.8) is 0 Å². The molecule has 2 aromatic heterocycles. The average molecular weight is 422 g/mol. The lowest BCUT2D eigenvalue weighted by Crippen LogP contribution is -2.41. The van der Waals surface area contributed by atoms with E-state index in [2.05, 4.69) is 25.3 Å². The summed E-state index contributed by atoms with van der Waals surface area (Å²) in [5, 5.41) is 2.59. The lowest BCUT2D eigenvalue weighted by Gasteiger charge is -2.32. The summed E-state index contributed by atoms with van der Waals surface area (Å²) in [6.45, 7) is 3.29. The van der Waals surface area contributed by atoms with Crippen molar-refractivity contribution in [2.45, 2.75) is 32.3 Å². The number of imidazole rings is 1. The van der Waals surface area contributed by atoms with Gasteiger partial charge in [-0.15, -0.1) is 0 Å². The van der Waals surface area contributed by atoms with Gasteiger partial charge in [-0.3, -0.25) is 9.59 Å². The van der Waals surface area contributed by atoms with Gasteiger partial charge in [0.15, 0.2) is 0 Å². The number of carbonyl (C=O) groups is 2. The number of fused-ring (bicyclic) bond motifs is 1. The molecule has 1 aromatic carbocycles. The van der Waals surface area contributed by atoms with Crippen LogP contribution in [0.15, 0.2) is 30.5 Å². The number of likely N-dealkylation sites (tertiary alicyclic amines) is 1. The minimum Gasteiger partial charge on any atom is -0.364 e. The number of nitrogens with zero attached hydrogens (tertiary/aromatic N) is 4. The normalized spacial score (nSPS) is 16.5. The van der Waals surface area contributed by atoms with Crippen LogP contribution in [0, 0.1) is 6.92 Å². The fourth-order valence-corrected chi connectivity index (χ4v) is 3.85. The Kier molecular flexibility index (Phi) is 6.22. The van der Waals surface area contributed by atoms with Crippen LogP contribution in [0.25, 0.3) is 11.0 Å². The molecule has 1 aliphatic heterocycles. The molecule has 31 heavy (non-hydrogen) atoms. The third kappa shape index (κ3) is 4.72. The number of aromatic amines is 1. The van der Waals surface area contributed by atoms with E-state index in [-0.39, 0.29) is 30.9 Å². The molecular weight excluding hydrogens is 396 g/mol. The summed E-state index contributed by atoms with van der Waals surface area (Å²) in [6, 6.07) is 7.76. The van der Waals surface area contributed by atoms with Gasteiger partial charge in [0.25, 0.3) is 5.91 Å². The van der Waals surface area contributed by atoms with Gasteiger partial charge in [-0.05, 0) is 31.9 Å². The molecule has 162 valence electrons. The van der Waals surface area contributed by atoms with Crippen LogP contribution in [0.3, 0.4) is 0 Å². The van der Waals surface area contributed by atoms with Gasteiger partial charge in [0, 0.05) is 32.3 Å². The molecule has 9 nitrogen and oxygen atoms in total. The number of para-hydroxylation sites is 2. The highest BCUT2D eigenvalue weighted by Gasteiger charge is 2.27. The van der Waals surface area contributed by atoms with Crippen molar-refractivity contribution in [1.82, 2.24) is 30.2 Å². The van der Waals surface area contributed by atoms with Crippen LogP contribution >= 0.6 is 0 Å². The quantitative estimate of drug-likeness (QED) is 0.628. The van der Waals surface area contributed by atoms with E-state index in [0.29, 0.717) is 36.0 Å². The highest BCUT2D eigenvalue weighted by Crippen LogP contribution is 2.25. The van der Waals surface area contributed by atoms with Crippen LogP contribution in [0.1, 0.15) is 46.5 Å². The first-order valence-corrected chi connectivity index (χ1v) is 10.4. The molecule has 3 aromatic rings. The summed E-state index contributed by atoms with van der Waals surface area (Å²) >= 11 is 0. The summed E-state index contributed by atoms with van der Waals surface area (Å²) < 4.78 is 5.62. The molecule has 0 spiro atoms. The van der Waals surface area contributed by atoms with E-state index in [4.69, 9.17) is 4.74 Å². The van der Waals surface area contributed by atoms with Gasteiger partial charge in [-0.1, -0.05) is 12.1 Å². The lowest BCUT2D eigenvalue weighted by atomic mass is 9.97. The van der Waals surface area contributed by atoms with Crippen molar-refractivity contribution in [2.75, 3.05) is 26.7 Å². The number of nitrogens with one attached hydrogen (secondary N) is 2. The van der Waals surface area contributed by atoms with Gasteiger partial charge in [0.05, 0.1) is 22.3 Å². The molecule has 1 atom stereocenters. The SMILES string of the molecule is CNC(=O)c1cnc([C@@H]2CCCN(C(=O)COCc3nc4ccccc4[nH]3)C2)nc1C. The monoisotopic (exact) mass is 422 g/mol. The lowest BCUT2D eigenvalue weighted by molar-refractivity contribution is -0.137. The van der Waals surface area contributed by atoms with E-state index >= 15 is 0 Å². The number of hydrogen-bond donors (Lipinski definition) is 2. The van der Waals surface area contributed by atoms with Gasteiger partial charge in [0.2, 0.25) is 5.91 Å². The molecule has 0 saturated carbocycles. The van der Waals surface area contributed by atoms with Crippen molar-refractivity contribution in [3.05, 3.63) is 53.4 Å². The van der Waals surface area contributed by atoms with Crippen LogP contribution < -0.4 is 5.32 Å². The maximum absolute atomic E-state index is 12.7. The van der Waals surface area contributed by atoms with Crippen LogP contribution in [0.5, 0.6) is 0 Å². The Balaban J connectivity index is 1.33. The fraction of sp³-hybridized carbons (Fsp3) is 0.409. The molecule has 0 unspecified atom stereocenters. The Morgan fingerprint density at radius 1 is 1.29 bits per heavy atom. The summed E-state index contributed by atoms with van der Waals surface area (Å²) in [5.41, 5.74) is 2.93. The van der Waals surface area contributed by atoms with Crippen LogP contribution in [-0.4, -0.2) is 63.4 Å². The number of rotatable bonds is 6. The molecule has 2 N–H and O–H groups in total. The Morgan fingerprint density at radius 2 is 2.13 bits per heavy atom. The van der Waals surface area contributed by atoms with Gasteiger partial charge in [0.1, 0.15) is 24.9 Å². The number of aryl methyl sites for hydroxylation is 1. The summed E-state index contributed by atoms with van der Waals surface area (Å²) in [6.07, 6.45) is 3.34. The fourth-order valence-electron chi connectivity index (χ4n) is 3.85. The zero-order valence-electron chi connectivity index (χ0n) is 17.7. The summed E-state index contributed by atoms with van der Waals surface area (Å²) in [7, 11) is 1.58. The Bertz CT molecular complexity index is 1060. The average Bonchev–Trinajstić information content (AvgIpc) is 3.21. The summed E-state index contributed by atoms with van der Waals surface area (Å²) in [5.74, 6) is 1.16. The number of ether oxygens (including phenoxy) is 1. The van der Waals surface area contributed by atoms with E-state index in [0.717, 1.165) is 23.9 Å². The van der Waals surface area contributed by atoms with Gasteiger partial charge >= 0.3 is 0 Å². The van der Waals surface area contributed by atoms with Gasteiger partial charge in [-0.25, -0.2) is 15.0 Å². The number of amides is 2. The van der Waals surface area contributed by atoms with Crippen LogP contribution in [0.2, 0.25) is 0 Å². The van der Waals surface area contributed by atoms with E-state index < -0.39 is 0 Å². The summed E-state index contributed by atoms with van der Waals surface area (Å²) in [4.78, 5) is 42.9. The van der Waals surface area contributed by atoms with Crippen molar-refractivity contribution >= 4 is 22.8 Å². The molecule has 0 bridgehead atoms. The first-order valence-electron chi connectivity index (χ1n) is 10.4. The third-order valence-electron chi connectivity index (χ3n) is 5.51. The molecule has 4 rings (SSSR count). The molecule has 1 fully saturated rings. The number of piperidine rings is 1. The van der Waals surface area contributed by atoms with E-state index in [9.17, 15) is 9.59 Å². The van der Waals surface area contributed by atoms with Crippen LogP contribution in [-0.2, 0) is 16.1 Å². The number of hydrogen-bond acceptors (Lipinski definition) is 6. The Labute approximate surface area is 180 Å². The second kappa shape index (κ2) is 9.22.